The molecule has 0 aliphatic rings. The average molecular weight is 425 g/mol. The summed E-state index contributed by atoms with van der Waals surface area (Å²) in [6.45, 7) is 6.56. The van der Waals surface area contributed by atoms with Gasteiger partial charge >= 0.3 is 0 Å². The Kier molecular flexibility index (Phi) is 6.46. The van der Waals surface area contributed by atoms with E-state index >= 15 is 0 Å². The van der Waals surface area contributed by atoms with Crippen molar-refractivity contribution in [3.8, 4) is 11.5 Å². The van der Waals surface area contributed by atoms with Gasteiger partial charge in [0.1, 0.15) is 23.6 Å². The maximum atomic E-state index is 13.5. The van der Waals surface area contributed by atoms with Gasteiger partial charge in [0.2, 0.25) is 5.89 Å². The highest BCUT2D eigenvalue weighted by molar-refractivity contribution is 6.31. The van der Waals surface area contributed by atoms with E-state index in [1.807, 2.05) is 55.5 Å². The van der Waals surface area contributed by atoms with Crippen LogP contribution in [0.4, 0.5) is 0 Å². The number of aromatic nitrogens is 1. The molecule has 0 aliphatic carbocycles. The molecular formula is C27H23NO4. The van der Waals surface area contributed by atoms with Crippen molar-refractivity contribution in [3.05, 3.63) is 102 Å². The minimum absolute atomic E-state index is 0.188. The topological polar surface area (TPSA) is 61.6 Å². The normalized spacial score (nSPS) is 11.3. The van der Waals surface area contributed by atoms with Gasteiger partial charge in [-0.05, 0) is 67.1 Å². The summed E-state index contributed by atoms with van der Waals surface area (Å²) in [5, 5.41) is 0. The van der Waals surface area contributed by atoms with Gasteiger partial charge in [-0.1, -0.05) is 36.9 Å². The van der Waals surface area contributed by atoms with Crippen LogP contribution in [0.3, 0.4) is 0 Å². The zero-order valence-electron chi connectivity index (χ0n) is 17.8. The molecular weight excluding hydrogens is 402 g/mol. The lowest BCUT2D eigenvalue weighted by molar-refractivity contribution is 0.105. The maximum absolute atomic E-state index is 13.5. The molecule has 0 saturated heterocycles. The summed E-state index contributed by atoms with van der Waals surface area (Å²) < 4.78 is 16.9. The summed E-state index contributed by atoms with van der Waals surface area (Å²) in [4.78, 5) is 18.0. The molecule has 0 aliphatic heterocycles. The number of hydrogen-bond acceptors (Lipinski definition) is 5. The molecule has 1 heterocycles. The highest BCUT2D eigenvalue weighted by Gasteiger charge is 2.20. The Hall–Kier alpha value is -4.12. The monoisotopic (exact) mass is 425 g/mol. The fraction of sp³-hybridized carbons (Fsp3) is 0.111. The van der Waals surface area contributed by atoms with E-state index in [4.69, 9.17) is 13.9 Å². The quantitative estimate of drug-likeness (QED) is 0.181. The summed E-state index contributed by atoms with van der Waals surface area (Å²) >= 11 is 0. The fourth-order valence-corrected chi connectivity index (χ4v) is 3.22. The van der Waals surface area contributed by atoms with Crippen LogP contribution in [0.15, 0.2) is 89.9 Å². The maximum Gasteiger partial charge on any atom is 0.231 e. The van der Waals surface area contributed by atoms with Crippen LogP contribution < -0.4 is 9.47 Å². The first-order valence-corrected chi connectivity index (χ1v) is 10.4. The summed E-state index contributed by atoms with van der Waals surface area (Å²) in [5.74, 6) is 1.53. The standard InChI is InChI=1S/C27H23NO4/c1-3-17-31-22-13-9-19(10-14-22)18-23(27-28-24-7-5-6-8-25(24)32-27)26(29)20-11-15-21(16-12-20)30-4-2/h3,5-16,18H,1,4,17H2,2H3. The molecule has 1 aromatic heterocycles. The van der Waals surface area contributed by atoms with Crippen molar-refractivity contribution in [1.29, 1.82) is 0 Å². The Morgan fingerprint density at radius 2 is 1.66 bits per heavy atom. The van der Waals surface area contributed by atoms with E-state index in [1.54, 1.807) is 36.4 Å². The third-order valence-corrected chi connectivity index (χ3v) is 4.76. The van der Waals surface area contributed by atoms with Crippen molar-refractivity contribution < 1.29 is 18.7 Å². The number of rotatable bonds is 9. The molecule has 0 fully saturated rings. The van der Waals surface area contributed by atoms with Crippen LogP contribution in [0.5, 0.6) is 11.5 Å². The van der Waals surface area contributed by atoms with Crippen molar-refractivity contribution >= 4 is 28.5 Å². The summed E-state index contributed by atoms with van der Waals surface area (Å²) in [6.07, 6.45) is 3.47. The summed E-state index contributed by atoms with van der Waals surface area (Å²) in [6, 6.07) is 22.0. The number of ether oxygens (including phenoxy) is 2. The minimum Gasteiger partial charge on any atom is -0.494 e. The van der Waals surface area contributed by atoms with Gasteiger partial charge in [0.15, 0.2) is 11.4 Å². The van der Waals surface area contributed by atoms with Gasteiger partial charge in [-0.3, -0.25) is 4.79 Å². The van der Waals surface area contributed by atoms with E-state index in [-0.39, 0.29) is 11.7 Å². The summed E-state index contributed by atoms with van der Waals surface area (Å²) in [7, 11) is 0. The van der Waals surface area contributed by atoms with E-state index in [1.165, 1.54) is 0 Å². The molecule has 5 heteroatoms. The largest absolute Gasteiger partial charge is 0.494 e. The number of oxazole rings is 1. The number of fused-ring (bicyclic) bond motifs is 1. The molecule has 0 N–H and O–H groups in total. The van der Waals surface area contributed by atoms with Crippen molar-refractivity contribution in [2.24, 2.45) is 0 Å². The second kappa shape index (κ2) is 9.79. The smallest absolute Gasteiger partial charge is 0.231 e. The molecule has 0 saturated carbocycles. The molecule has 0 spiro atoms. The first kappa shape index (κ1) is 21.1. The van der Waals surface area contributed by atoms with Gasteiger partial charge < -0.3 is 13.9 Å². The van der Waals surface area contributed by atoms with Crippen molar-refractivity contribution in [3.63, 3.8) is 0 Å². The predicted molar refractivity (Wildman–Crippen MR) is 126 cm³/mol. The van der Waals surface area contributed by atoms with Gasteiger partial charge in [-0.15, -0.1) is 0 Å². The third kappa shape index (κ3) is 4.78. The number of hydrogen-bond donors (Lipinski definition) is 0. The van der Waals surface area contributed by atoms with Crippen molar-refractivity contribution in [2.45, 2.75) is 6.92 Å². The van der Waals surface area contributed by atoms with E-state index in [9.17, 15) is 4.79 Å². The van der Waals surface area contributed by atoms with Gasteiger partial charge in [0.25, 0.3) is 0 Å². The Bertz CT molecular complexity index is 1220. The molecule has 0 amide bonds. The van der Waals surface area contributed by atoms with Gasteiger partial charge in [-0.25, -0.2) is 4.98 Å². The van der Waals surface area contributed by atoms with Crippen LogP contribution in [-0.2, 0) is 0 Å². The zero-order chi connectivity index (χ0) is 22.3. The van der Waals surface area contributed by atoms with E-state index in [0.717, 1.165) is 11.3 Å². The lowest BCUT2D eigenvalue weighted by atomic mass is 10.0. The lowest BCUT2D eigenvalue weighted by Gasteiger charge is -2.07. The highest BCUT2D eigenvalue weighted by atomic mass is 16.5. The van der Waals surface area contributed by atoms with Crippen molar-refractivity contribution in [2.75, 3.05) is 13.2 Å². The molecule has 160 valence electrons. The first-order chi connectivity index (χ1) is 15.7. The molecule has 0 bridgehead atoms. The number of Topliss-reactive ketones (excluding diaryl/α,β-unsaturated/α-hetero) is 1. The lowest BCUT2D eigenvalue weighted by Crippen LogP contribution is -2.03. The SMILES string of the molecule is C=CCOc1ccc(C=C(C(=O)c2ccc(OCC)cc2)c2nc3ccccc3o2)cc1. The number of nitrogens with zero attached hydrogens (tertiary/aromatic N) is 1. The zero-order valence-corrected chi connectivity index (χ0v) is 17.8. The van der Waals surface area contributed by atoms with Crippen molar-refractivity contribution in [1.82, 2.24) is 4.98 Å². The van der Waals surface area contributed by atoms with E-state index < -0.39 is 0 Å². The molecule has 4 aromatic rings. The number of ketones is 1. The minimum atomic E-state index is -0.188. The third-order valence-electron chi connectivity index (χ3n) is 4.76. The average Bonchev–Trinajstić information content (AvgIpc) is 3.26. The number of carbonyl (C=O) groups is 1. The van der Waals surface area contributed by atoms with Crippen LogP contribution in [-0.4, -0.2) is 24.0 Å². The van der Waals surface area contributed by atoms with Crippen LogP contribution in [0.2, 0.25) is 0 Å². The molecule has 0 unspecified atom stereocenters. The Balaban J connectivity index is 1.73. The van der Waals surface area contributed by atoms with Crippen LogP contribution in [0.25, 0.3) is 22.7 Å². The number of benzene rings is 3. The molecule has 4 rings (SSSR count). The van der Waals surface area contributed by atoms with Crippen LogP contribution in [0.1, 0.15) is 28.7 Å². The molecule has 0 atom stereocenters. The Labute approximate surface area is 186 Å². The Morgan fingerprint density at radius 3 is 2.34 bits per heavy atom. The number of para-hydroxylation sites is 2. The Morgan fingerprint density at radius 1 is 0.969 bits per heavy atom. The van der Waals surface area contributed by atoms with E-state index in [2.05, 4.69) is 11.6 Å². The van der Waals surface area contributed by atoms with Crippen LogP contribution in [0, 0.1) is 0 Å². The fourth-order valence-electron chi connectivity index (χ4n) is 3.22. The molecule has 0 radical (unpaired) electrons. The second-order valence-corrected chi connectivity index (χ2v) is 7.00. The second-order valence-electron chi connectivity index (χ2n) is 7.00. The van der Waals surface area contributed by atoms with Gasteiger partial charge in [0.05, 0.1) is 12.2 Å². The molecule has 3 aromatic carbocycles. The number of allylic oxidation sites excluding steroid dienone is 1. The first-order valence-electron chi connectivity index (χ1n) is 10.4. The number of carbonyl (C=O) groups excluding carboxylic acids is 1. The van der Waals surface area contributed by atoms with Gasteiger partial charge in [0, 0.05) is 5.56 Å². The molecule has 5 nitrogen and oxygen atoms in total. The van der Waals surface area contributed by atoms with Gasteiger partial charge in [-0.2, -0.15) is 0 Å². The van der Waals surface area contributed by atoms with Crippen LogP contribution >= 0.6 is 0 Å². The molecule has 32 heavy (non-hydrogen) atoms. The predicted octanol–water partition coefficient (Wildman–Crippen LogP) is 6.21. The van der Waals surface area contributed by atoms with E-state index in [0.29, 0.717) is 41.2 Å². The summed E-state index contributed by atoms with van der Waals surface area (Å²) in [5.41, 5.74) is 3.03. The highest BCUT2D eigenvalue weighted by Crippen LogP contribution is 2.27.